The van der Waals surface area contributed by atoms with E-state index in [1.165, 1.54) is 0 Å². The number of hydrogen-bond acceptors (Lipinski definition) is 2. The summed E-state index contributed by atoms with van der Waals surface area (Å²) in [4.78, 5) is 12.4. The molecule has 0 atom stereocenters. The van der Waals surface area contributed by atoms with Crippen molar-refractivity contribution in [2.24, 2.45) is 11.1 Å². The lowest BCUT2D eigenvalue weighted by Crippen LogP contribution is -2.40. The Morgan fingerprint density at radius 1 is 1.33 bits per heavy atom. The molecule has 0 radical (unpaired) electrons. The maximum atomic E-state index is 12.4. The number of amides is 1. The summed E-state index contributed by atoms with van der Waals surface area (Å²) in [7, 11) is 0. The van der Waals surface area contributed by atoms with Gasteiger partial charge >= 0.3 is 0 Å². The van der Waals surface area contributed by atoms with E-state index in [4.69, 9.17) is 5.73 Å². The fourth-order valence-electron chi connectivity index (χ4n) is 2.42. The Morgan fingerprint density at radius 3 is 2.56 bits per heavy atom. The minimum Gasteiger partial charge on any atom is -0.329 e. The first-order valence-corrected chi connectivity index (χ1v) is 7.63. The highest BCUT2D eigenvalue weighted by atomic mass is 79.9. The molecule has 1 fully saturated rings. The highest BCUT2D eigenvalue weighted by molar-refractivity contribution is 9.11. The molecule has 18 heavy (non-hydrogen) atoms. The number of carbonyl (C=O) groups is 1. The third kappa shape index (κ3) is 2.78. The molecule has 3 N–H and O–H groups in total. The van der Waals surface area contributed by atoms with Crippen LogP contribution in [0.15, 0.2) is 27.1 Å². The van der Waals surface area contributed by atoms with E-state index in [0.717, 1.165) is 40.3 Å². The van der Waals surface area contributed by atoms with Crippen LogP contribution in [0, 0.1) is 5.41 Å². The lowest BCUT2D eigenvalue weighted by molar-refractivity contribution is -0.124. The van der Waals surface area contributed by atoms with Crippen LogP contribution >= 0.6 is 31.9 Å². The molecule has 0 unspecified atom stereocenters. The van der Waals surface area contributed by atoms with Crippen LogP contribution in [0.25, 0.3) is 0 Å². The molecule has 0 aromatic heterocycles. The number of rotatable bonds is 3. The third-order valence-electron chi connectivity index (χ3n) is 3.61. The Bertz CT molecular complexity index is 456. The summed E-state index contributed by atoms with van der Waals surface area (Å²) in [5.41, 5.74) is 6.23. The molecule has 0 spiro atoms. The van der Waals surface area contributed by atoms with Crippen LogP contribution in [-0.2, 0) is 4.79 Å². The van der Waals surface area contributed by atoms with Gasteiger partial charge in [0.25, 0.3) is 0 Å². The van der Waals surface area contributed by atoms with Gasteiger partial charge in [-0.25, -0.2) is 0 Å². The van der Waals surface area contributed by atoms with Crippen LogP contribution < -0.4 is 11.1 Å². The second-order valence-electron chi connectivity index (χ2n) is 4.77. The first-order chi connectivity index (χ1) is 8.57. The van der Waals surface area contributed by atoms with E-state index in [-0.39, 0.29) is 11.3 Å². The smallest absolute Gasteiger partial charge is 0.231 e. The van der Waals surface area contributed by atoms with Crippen LogP contribution in [0.4, 0.5) is 5.69 Å². The fourth-order valence-corrected chi connectivity index (χ4v) is 3.57. The van der Waals surface area contributed by atoms with E-state index in [1.807, 2.05) is 18.2 Å². The largest absolute Gasteiger partial charge is 0.329 e. The summed E-state index contributed by atoms with van der Waals surface area (Å²) in [6.45, 7) is 0.424. The van der Waals surface area contributed by atoms with Crippen LogP contribution in [0.5, 0.6) is 0 Å². The van der Waals surface area contributed by atoms with E-state index in [0.29, 0.717) is 6.54 Å². The van der Waals surface area contributed by atoms with Crippen molar-refractivity contribution in [1.29, 1.82) is 0 Å². The zero-order valence-electron chi connectivity index (χ0n) is 10.0. The first kappa shape index (κ1) is 14.0. The quantitative estimate of drug-likeness (QED) is 0.846. The first-order valence-electron chi connectivity index (χ1n) is 6.04. The second kappa shape index (κ2) is 5.72. The zero-order chi connectivity index (χ0) is 13.2. The molecule has 5 heteroatoms. The number of benzene rings is 1. The van der Waals surface area contributed by atoms with Gasteiger partial charge in [-0.05, 0) is 47.0 Å². The van der Waals surface area contributed by atoms with E-state index < -0.39 is 0 Å². The lowest BCUT2D eigenvalue weighted by Gasteiger charge is -2.26. The Hall–Kier alpha value is -0.390. The van der Waals surface area contributed by atoms with Gasteiger partial charge in [0, 0.05) is 15.5 Å². The Kier molecular flexibility index (Phi) is 4.45. The van der Waals surface area contributed by atoms with Crippen molar-refractivity contribution in [3.8, 4) is 0 Å². The molecule has 0 saturated heterocycles. The van der Waals surface area contributed by atoms with Gasteiger partial charge in [-0.2, -0.15) is 0 Å². The predicted molar refractivity (Wildman–Crippen MR) is 80.4 cm³/mol. The highest BCUT2D eigenvalue weighted by Gasteiger charge is 2.39. The third-order valence-corrected chi connectivity index (χ3v) is 4.76. The Labute approximate surface area is 124 Å². The van der Waals surface area contributed by atoms with Crippen molar-refractivity contribution in [1.82, 2.24) is 0 Å². The molecule has 0 bridgehead atoms. The van der Waals surface area contributed by atoms with Crippen LogP contribution in [0.1, 0.15) is 25.7 Å². The van der Waals surface area contributed by atoms with Crippen molar-refractivity contribution in [3.63, 3.8) is 0 Å². The molecule has 1 aromatic rings. The number of nitrogens with one attached hydrogen (secondary N) is 1. The van der Waals surface area contributed by atoms with Gasteiger partial charge in [-0.3, -0.25) is 4.79 Å². The summed E-state index contributed by atoms with van der Waals surface area (Å²) >= 11 is 6.84. The standard InChI is InChI=1S/C13H16Br2N2O/c14-9-3-4-11(10(15)7-9)17-12(18)13(8-16)5-1-2-6-13/h3-4,7H,1-2,5-6,8,16H2,(H,17,18). The molecule has 1 aliphatic carbocycles. The molecule has 0 heterocycles. The molecule has 1 saturated carbocycles. The highest BCUT2D eigenvalue weighted by Crippen LogP contribution is 2.38. The molecule has 1 amide bonds. The van der Waals surface area contributed by atoms with Gasteiger partial charge in [0.15, 0.2) is 0 Å². The minimum absolute atomic E-state index is 0.0468. The molecule has 1 aromatic carbocycles. The van der Waals surface area contributed by atoms with Crippen molar-refractivity contribution in [3.05, 3.63) is 27.1 Å². The van der Waals surface area contributed by atoms with E-state index in [1.54, 1.807) is 0 Å². The maximum Gasteiger partial charge on any atom is 0.231 e. The topological polar surface area (TPSA) is 55.1 Å². The van der Waals surface area contributed by atoms with Crippen molar-refractivity contribution < 1.29 is 4.79 Å². The molecular weight excluding hydrogens is 360 g/mol. The number of nitrogens with two attached hydrogens (primary N) is 1. The molecule has 3 nitrogen and oxygen atoms in total. The summed E-state index contributed by atoms with van der Waals surface area (Å²) in [5, 5.41) is 2.98. The van der Waals surface area contributed by atoms with Crippen LogP contribution in [-0.4, -0.2) is 12.5 Å². The fraction of sp³-hybridized carbons (Fsp3) is 0.462. The van der Waals surface area contributed by atoms with Gasteiger partial charge in [-0.1, -0.05) is 28.8 Å². The number of carbonyl (C=O) groups excluding carboxylic acids is 1. The molecule has 1 aliphatic rings. The van der Waals surface area contributed by atoms with Crippen molar-refractivity contribution in [2.45, 2.75) is 25.7 Å². The summed E-state index contributed by atoms with van der Waals surface area (Å²) in [5.74, 6) is 0.0468. The minimum atomic E-state index is -0.369. The average Bonchev–Trinajstić information content (AvgIpc) is 2.82. The molecule has 2 rings (SSSR count). The SMILES string of the molecule is NCC1(C(=O)Nc2ccc(Br)cc2Br)CCCC1. The monoisotopic (exact) mass is 374 g/mol. The van der Waals surface area contributed by atoms with Gasteiger partial charge in [0.1, 0.15) is 0 Å². The van der Waals surface area contributed by atoms with Crippen LogP contribution in [0.3, 0.4) is 0 Å². The molecule has 98 valence electrons. The van der Waals surface area contributed by atoms with E-state index in [9.17, 15) is 4.79 Å². The van der Waals surface area contributed by atoms with Gasteiger partial charge in [-0.15, -0.1) is 0 Å². The average molecular weight is 376 g/mol. The maximum absolute atomic E-state index is 12.4. The normalized spacial score (nSPS) is 17.7. The van der Waals surface area contributed by atoms with E-state index in [2.05, 4.69) is 37.2 Å². The van der Waals surface area contributed by atoms with Crippen molar-refractivity contribution in [2.75, 3.05) is 11.9 Å². The number of hydrogen-bond donors (Lipinski definition) is 2. The summed E-state index contributed by atoms with van der Waals surface area (Å²) in [6.07, 6.45) is 3.96. The second-order valence-corrected chi connectivity index (χ2v) is 6.54. The van der Waals surface area contributed by atoms with E-state index >= 15 is 0 Å². The number of halogens is 2. The van der Waals surface area contributed by atoms with Crippen LogP contribution in [0.2, 0.25) is 0 Å². The Morgan fingerprint density at radius 2 is 2.00 bits per heavy atom. The van der Waals surface area contributed by atoms with Crippen molar-refractivity contribution >= 4 is 43.5 Å². The Balaban J connectivity index is 2.15. The van der Waals surface area contributed by atoms with Gasteiger partial charge in [0.2, 0.25) is 5.91 Å². The molecular formula is C13H16Br2N2O. The molecule has 0 aliphatic heterocycles. The predicted octanol–water partition coefficient (Wildman–Crippen LogP) is 3.67. The summed E-state index contributed by atoms with van der Waals surface area (Å²) < 4.78 is 1.84. The summed E-state index contributed by atoms with van der Waals surface area (Å²) in [6, 6.07) is 5.70. The zero-order valence-corrected chi connectivity index (χ0v) is 13.2. The number of anilines is 1. The van der Waals surface area contributed by atoms with Gasteiger partial charge in [0.05, 0.1) is 11.1 Å². The lowest BCUT2D eigenvalue weighted by atomic mass is 9.85. The van der Waals surface area contributed by atoms with Gasteiger partial charge < -0.3 is 11.1 Å².